The number of carbonyl (C=O) groups is 2. The number of hydrogen-bond acceptors (Lipinski definition) is 4. The molecule has 0 aromatic rings. The maximum absolute atomic E-state index is 11.7. The third-order valence-corrected chi connectivity index (χ3v) is 3.29. The molecule has 17 heavy (non-hydrogen) atoms. The Hall–Kier alpha value is -1.10. The zero-order valence-electron chi connectivity index (χ0n) is 10.6. The van der Waals surface area contributed by atoms with E-state index in [0.717, 1.165) is 25.7 Å². The van der Waals surface area contributed by atoms with Crippen LogP contribution < -0.4 is 11.1 Å². The summed E-state index contributed by atoms with van der Waals surface area (Å²) in [5, 5.41) is 2.61. The minimum absolute atomic E-state index is 0.174. The summed E-state index contributed by atoms with van der Waals surface area (Å²) in [6.07, 6.45) is 5.40. The van der Waals surface area contributed by atoms with Gasteiger partial charge in [-0.15, -0.1) is 0 Å². The van der Waals surface area contributed by atoms with Gasteiger partial charge in [0.25, 0.3) is 0 Å². The zero-order valence-corrected chi connectivity index (χ0v) is 10.6. The first-order chi connectivity index (χ1) is 7.97. The van der Waals surface area contributed by atoms with Crippen LogP contribution in [0.4, 0.5) is 0 Å². The monoisotopic (exact) mass is 242 g/mol. The number of amides is 1. The summed E-state index contributed by atoms with van der Waals surface area (Å²) in [5.41, 5.74) is 5.78. The van der Waals surface area contributed by atoms with Crippen LogP contribution in [0.5, 0.6) is 0 Å². The first kappa shape index (κ1) is 14.0. The van der Waals surface area contributed by atoms with E-state index in [-0.39, 0.29) is 12.3 Å². The van der Waals surface area contributed by atoms with Crippen molar-refractivity contribution in [2.75, 3.05) is 7.11 Å². The molecular formula is C12H22N2O3. The summed E-state index contributed by atoms with van der Waals surface area (Å²) >= 11 is 0. The minimum atomic E-state index is -0.611. The Bertz CT molecular complexity index is 285. The summed E-state index contributed by atoms with van der Waals surface area (Å²) < 4.78 is 4.54. The van der Waals surface area contributed by atoms with E-state index < -0.39 is 17.6 Å². The van der Waals surface area contributed by atoms with Gasteiger partial charge in [0.15, 0.2) is 0 Å². The van der Waals surface area contributed by atoms with E-state index in [0.29, 0.717) is 0 Å². The van der Waals surface area contributed by atoms with Gasteiger partial charge < -0.3 is 15.8 Å². The summed E-state index contributed by atoms with van der Waals surface area (Å²) in [6.45, 7) is 1.60. The van der Waals surface area contributed by atoms with Crippen LogP contribution in [-0.2, 0) is 14.3 Å². The van der Waals surface area contributed by atoms with E-state index in [1.165, 1.54) is 13.5 Å². The molecule has 0 spiro atoms. The van der Waals surface area contributed by atoms with Crippen molar-refractivity contribution in [2.24, 2.45) is 5.73 Å². The van der Waals surface area contributed by atoms with Gasteiger partial charge in [0, 0.05) is 12.0 Å². The van der Waals surface area contributed by atoms with Crippen molar-refractivity contribution in [1.82, 2.24) is 5.32 Å². The Morgan fingerprint density at radius 1 is 1.35 bits per heavy atom. The number of rotatable bonds is 4. The smallest absolute Gasteiger partial charge is 0.328 e. The fourth-order valence-corrected chi connectivity index (χ4v) is 2.28. The van der Waals surface area contributed by atoms with Gasteiger partial charge >= 0.3 is 5.97 Å². The lowest BCUT2D eigenvalue weighted by atomic mass is 9.80. The summed E-state index contributed by atoms with van der Waals surface area (Å²) in [4.78, 5) is 22.9. The second-order valence-corrected chi connectivity index (χ2v) is 4.91. The number of hydrogen-bond donors (Lipinski definition) is 2. The molecule has 0 aliphatic heterocycles. The highest BCUT2D eigenvalue weighted by molar-refractivity contribution is 5.84. The maximum Gasteiger partial charge on any atom is 0.328 e. The lowest BCUT2D eigenvalue weighted by molar-refractivity contribution is -0.144. The summed E-state index contributed by atoms with van der Waals surface area (Å²) in [7, 11) is 1.30. The Balaban J connectivity index is 2.40. The molecule has 1 unspecified atom stereocenters. The molecule has 98 valence electrons. The Kier molecular flexibility index (Phi) is 4.93. The average molecular weight is 242 g/mol. The highest BCUT2D eigenvalue weighted by Crippen LogP contribution is 2.28. The standard InChI is InChI=1S/C12H22N2O3/c1-9(11(16)17-2)14-10(15)8-12(13)6-4-3-5-7-12/h9H,3-8,13H2,1-2H3,(H,14,15). The van der Waals surface area contributed by atoms with E-state index in [1.807, 2.05) is 0 Å². The SMILES string of the molecule is COC(=O)C(C)NC(=O)CC1(N)CCCCC1. The molecule has 1 amide bonds. The predicted molar refractivity (Wildman–Crippen MR) is 64.2 cm³/mol. The first-order valence-electron chi connectivity index (χ1n) is 6.13. The molecule has 1 aliphatic carbocycles. The number of ether oxygens (including phenoxy) is 1. The molecule has 1 aliphatic rings. The number of carbonyl (C=O) groups excluding carboxylic acids is 2. The number of nitrogens with one attached hydrogen (secondary N) is 1. The minimum Gasteiger partial charge on any atom is -0.467 e. The second-order valence-electron chi connectivity index (χ2n) is 4.91. The molecule has 5 heteroatoms. The van der Waals surface area contributed by atoms with Crippen LogP contribution in [0.2, 0.25) is 0 Å². The molecule has 0 radical (unpaired) electrons. The largest absolute Gasteiger partial charge is 0.467 e. The van der Waals surface area contributed by atoms with Crippen LogP contribution >= 0.6 is 0 Å². The number of esters is 1. The first-order valence-corrected chi connectivity index (χ1v) is 6.13. The summed E-state index contributed by atoms with van der Waals surface area (Å²) in [5.74, 6) is -0.611. The van der Waals surface area contributed by atoms with Crippen LogP contribution in [0.3, 0.4) is 0 Å². The van der Waals surface area contributed by atoms with Gasteiger partial charge in [0.2, 0.25) is 5.91 Å². The molecule has 1 fully saturated rings. The topological polar surface area (TPSA) is 81.4 Å². The molecule has 0 saturated heterocycles. The molecule has 1 saturated carbocycles. The van der Waals surface area contributed by atoms with Crippen LogP contribution in [-0.4, -0.2) is 30.6 Å². The van der Waals surface area contributed by atoms with Crippen molar-refractivity contribution in [3.63, 3.8) is 0 Å². The van der Waals surface area contributed by atoms with Crippen molar-refractivity contribution in [2.45, 2.75) is 57.0 Å². The van der Waals surface area contributed by atoms with E-state index in [1.54, 1.807) is 6.92 Å². The lowest BCUT2D eigenvalue weighted by Crippen LogP contribution is -2.48. The van der Waals surface area contributed by atoms with Gasteiger partial charge in [-0.3, -0.25) is 4.79 Å². The molecule has 0 heterocycles. The van der Waals surface area contributed by atoms with Crippen molar-refractivity contribution in [1.29, 1.82) is 0 Å². The van der Waals surface area contributed by atoms with E-state index in [2.05, 4.69) is 10.1 Å². The average Bonchev–Trinajstić information content (AvgIpc) is 2.27. The molecular weight excluding hydrogens is 220 g/mol. The second kappa shape index (κ2) is 6.00. The van der Waals surface area contributed by atoms with Crippen LogP contribution in [0.15, 0.2) is 0 Å². The molecule has 1 atom stereocenters. The van der Waals surface area contributed by atoms with Gasteiger partial charge in [-0.25, -0.2) is 4.79 Å². The molecule has 0 aromatic heterocycles. The fraction of sp³-hybridized carbons (Fsp3) is 0.833. The van der Waals surface area contributed by atoms with E-state index in [9.17, 15) is 9.59 Å². The van der Waals surface area contributed by atoms with Gasteiger partial charge in [0.1, 0.15) is 6.04 Å². The third-order valence-electron chi connectivity index (χ3n) is 3.29. The predicted octanol–water partition coefficient (Wildman–Crippen LogP) is 0.716. The van der Waals surface area contributed by atoms with Crippen molar-refractivity contribution in [3.05, 3.63) is 0 Å². The van der Waals surface area contributed by atoms with E-state index in [4.69, 9.17) is 5.73 Å². The molecule has 5 nitrogen and oxygen atoms in total. The highest BCUT2D eigenvalue weighted by atomic mass is 16.5. The van der Waals surface area contributed by atoms with Crippen LogP contribution in [0.1, 0.15) is 45.4 Å². The Morgan fingerprint density at radius 3 is 2.47 bits per heavy atom. The lowest BCUT2D eigenvalue weighted by Gasteiger charge is -2.33. The van der Waals surface area contributed by atoms with Crippen LogP contribution in [0.25, 0.3) is 0 Å². The molecule has 1 rings (SSSR count). The van der Waals surface area contributed by atoms with Gasteiger partial charge in [-0.2, -0.15) is 0 Å². The fourth-order valence-electron chi connectivity index (χ4n) is 2.28. The highest BCUT2D eigenvalue weighted by Gasteiger charge is 2.30. The molecule has 0 bridgehead atoms. The molecule has 0 aromatic carbocycles. The summed E-state index contributed by atoms with van der Waals surface area (Å²) in [6, 6.07) is -0.611. The molecule has 3 N–H and O–H groups in total. The Labute approximate surface area is 102 Å². The quantitative estimate of drug-likeness (QED) is 0.712. The van der Waals surface area contributed by atoms with Gasteiger partial charge in [0.05, 0.1) is 7.11 Å². The van der Waals surface area contributed by atoms with Crippen LogP contribution in [0, 0.1) is 0 Å². The van der Waals surface area contributed by atoms with Gasteiger partial charge in [-0.05, 0) is 19.8 Å². The third kappa shape index (κ3) is 4.34. The van der Waals surface area contributed by atoms with Gasteiger partial charge in [-0.1, -0.05) is 19.3 Å². The Morgan fingerprint density at radius 2 is 1.94 bits per heavy atom. The van der Waals surface area contributed by atoms with E-state index >= 15 is 0 Å². The number of methoxy groups -OCH3 is 1. The zero-order chi connectivity index (χ0) is 12.9. The normalized spacial score (nSPS) is 20.4. The number of nitrogens with two attached hydrogens (primary N) is 1. The van der Waals surface area contributed by atoms with Crippen molar-refractivity contribution in [3.8, 4) is 0 Å². The van der Waals surface area contributed by atoms with Crippen molar-refractivity contribution >= 4 is 11.9 Å². The van der Waals surface area contributed by atoms with Crippen molar-refractivity contribution < 1.29 is 14.3 Å². The maximum atomic E-state index is 11.7.